The number of methoxy groups -OCH3 is 1. The number of ether oxygens (including phenoxy) is 1. The van der Waals surface area contributed by atoms with Crippen LogP contribution in [0.15, 0.2) is 0 Å². The number of carbonyl (C=O) groups excluding carboxylic acids is 1. The van der Waals surface area contributed by atoms with Gasteiger partial charge in [-0.15, -0.1) is 0 Å². The summed E-state index contributed by atoms with van der Waals surface area (Å²) < 4.78 is 4.66. The SMILES string of the molecule is COC(=O)[C@H]1[C@H]2CC[C@@H](C2)[C@@H]1C(=O)O. The van der Waals surface area contributed by atoms with Crippen LogP contribution in [0.1, 0.15) is 19.3 Å². The number of carboxylic acids is 1. The average Bonchev–Trinajstić information content (AvgIpc) is 2.74. The topological polar surface area (TPSA) is 63.6 Å². The molecule has 0 saturated heterocycles. The summed E-state index contributed by atoms with van der Waals surface area (Å²) in [7, 11) is 1.33. The van der Waals surface area contributed by atoms with Crippen molar-refractivity contribution in [2.45, 2.75) is 19.3 Å². The summed E-state index contributed by atoms with van der Waals surface area (Å²) in [5.41, 5.74) is 0. The van der Waals surface area contributed by atoms with E-state index in [1.807, 2.05) is 0 Å². The molecule has 0 aliphatic heterocycles. The lowest BCUT2D eigenvalue weighted by molar-refractivity contribution is -0.158. The van der Waals surface area contributed by atoms with Crippen molar-refractivity contribution in [3.05, 3.63) is 0 Å². The molecule has 4 atom stereocenters. The van der Waals surface area contributed by atoms with E-state index in [0.29, 0.717) is 0 Å². The Morgan fingerprint density at radius 3 is 2.29 bits per heavy atom. The average molecular weight is 198 g/mol. The number of carbonyl (C=O) groups is 2. The molecular formula is C10H14O4. The molecule has 2 aliphatic carbocycles. The van der Waals surface area contributed by atoms with E-state index in [-0.39, 0.29) is 17.8 Å². The van der Waals surface area contributed by atoms with E-state index < -0.39 is 17.8 Å². The minimum Gasteiger partial charge on any atom is -0.481 e. The molecule has 0 radical (unpaired) electrons. The molecule has 0 aromatic carbocycles. The fraction of sp³-hybridized carbons (Fsp3) is 0.800. The zero-order chi connectivity index (χ0) is 10.3. The molecule has 0 aromatic rings. The van der Waals surface area contributed by atoms with Crippen LogP contribution in [-0.2, 0) is 14.3 Å². The number of hydrogen-bond donors (Lipinski definition) is 1. The fourth-order valence-corrected chi connectivity index (χ4v) is 3.12. The van der Waals surface area contributed by atoms with E-state index in [9.17, 15) is 9.59 Å². The second-order valence-corrected chi connectivity index (χ2v) is 4.25. The van der Waals surface area contributed by atoms with Crippen LogP contribution in [0.2, 0.25) is 0 Å². The molecule has 0 unspecified atom stereocenters. The van der Waals surface area contributed by atoms with Crippen LogP contribution >= 0.6 is 0 Å². The first-order valence-corrected chi connectivity index (χ1v) is 4.95. The lowest BCUT2D eigenvalue weighted by Crippen LogP contribution is -2.35. The molecule has 14 heavy (non-hydrogen) atoms. The predicted octanol–water partition coefficient (Wildman–Crippen LogP) is 0.906. The van der Waals surface area contributed by atoms with Gasteiger partial charge in [0.2, 0.25) is 0 Å². The van der Waals surface area contributed by atoms with Gasteiger partial charge in [0, 0.05) is 0 Å². The summed E-state index contributed by atoms with van der Waals surface area (Å²) in [4.78, 5) is 22.4. The van der Waals surface area contributed by atoms with Gasteiger partial charge in [-0.2, -0.15) is 0 Å². The molecule has 2 aliphatic rings. The Morgan fingerprint density at radius 1 is 1.21 bits per heavy atom. The number of fused-ring (bicyclic) bond motifs is 2. The van der Waals surface area contributed by atoms with E-state index in [1.165, 1.54) is 7.11 Å². The van der Waals surface area contributed by atoms with Crippen LogP contribution < -0.4 is 0 Å². The predicted molar refractivity (Wildman–Crippen MR) is 47.5 cm³/mol. The molecule has 0 amide bonds. The summed E-state index contributed by atoms with van der Waals surface area (Å²) in [6.45, 7) is 0. The minimum atomic E-state index is -0.840. The van der Waals surface area contributed by atoms with Gasteiger partial charge in [-0.1, -0.05) is 0 Å². The Balaban J connectivity index is 2.21. The zero-order valence-corrected chi connectivity index (χ0v) is 8.10. The van der Waals surface area contributed by atoms with Gasteiger partial charge < -0.3 is 9.84 Å². The third kappa shape index (κ3) is 1.21. The van der Waals surface area contributed by atoms with Crippen LogP contribution in [0.25, 0.3) is 0 Å². The highest BCUT2D eigenvalue weighted by Gasteiger charge is 2.54. The number of aliphatic carboxylic acids is 1. The molecule has 78 valence electrons. The second-order valence-electron chi connectivity index (χ2n) is 4.25. The summed E-state index contributed by atoms with van der Waals surface area (Å²) in [5, 5.41) is 9.04. The molecule has 2 rings (SSSR count). The Hall–Kier alpha value is -1.06. The largest absolute Gasteiger partial charge is 0.481 e. The summed E-state index contributed by atoms with van der Waals surface area (Å²) >= 11 is 0. The van der Waals surface area contributed by atoms with E-state index in [4.69, 9.17) is 5.11 Å². The third-order valence-electron chi connectivity index (χ3n) is 3.67. The lowest BCUT2D eigenvalue weighted by atomic mass is 9.79. The molecule has 4 heteroatoms. The van der Waals surface area contributed by atoms with Crippen molar-refractivity contribution in [3.63, 3.8) is 0 Å². The van der Waals surface area contributed by atoms with Crippen LogP contribution in [0.5, 0.6) is 0 Å². The molecule has 1 N–H and O–H groups in total. The van der Waals surface area contributed by atoms with Crippen LogP contribution in [0.4, 0.5) is 0 Å². The van der Waals surface area contributed by atoms with E-state index in [1.54, 1.807) is 0 Å². The summed E-state index contributed by atoms with van der Waals surface area (Å²) in [6, 6.07) is 0. The van der Waals surface area contributed by atoms with Crippen molar-refractivity contribution >= 4 is 11.9 Å². The maximum atomic E-state index is 11.4. The van der Waals surface area contributed by atoms with Crippen LogP contribution in [-0.4, -0.2) is 24.2 Å². The van der Waals surface area contributed by atoms with Gasteiger partial charge in [-0.3, -0.25) is 9.59 Å². The number of hydrogen-bond acceptors (Lipinski definition) is 3. The van der Waals surface area contributed by atoms with Crippen molar-refractivity contribution < 1.29 is 19.4 Å². The first-order chi connectivity index (χ1) is 6.65. The van der Waals surface area contributed by atoms with E-state index in [0.717, 1.165) is 19.3 Å². The van der Waals surface area contributed by atoms with Crippen molar-refractivity contribution in [3.8, 4) is 0 Å². The highest BCUT2D eigenvalue weighted by atomic mass is 16.5. The van der Waals surface area contributed by atoms with Gasteiger partial charge in [-0.05, 0) is 31.1 Å². The van der Waals surface area contributed by atoms with Crippen molar-refractivity contribution in [2.75, 3.05) is 7.11 Å². The van der Waals surface area contributed by atoms with Gasteiger partial charge in [0.05, 0.1) is 18.9 Å². The summed E-state index contributed by atoms with van der Waals surface area (Å²) in [6.07, 6.45) is 2.82. The molecule has 2 fully saturated rings. The molecule has 0 heterocycles. The van der Waals surface area contributed by atoms with Crippen molar-refractivity contribution in [1.29, 1.82) is 0 Å². The molecule has 2 bridgehead atoms. The number of rotatable bonds is 2. The van der Waals surface area contributed by atoms with Gasteiger partial charge in [-0.25, -0.2) is 0 Å². The lowest BCUT2D eigenvalue weighted by Gasteiger charge is -2.25. The van der Waals surface area contributed by atoms with Gasteiger partial charge in [0.1, 0.15) is 0 Å². The molecule has 0 spiro atoms. The number of carboxylic acid groups (broad SMARTS) is 1. The highest BCUT2D eigenvalue weighted by Crippen LogP contribution is 2.52. The Kier molecular flexibility index (Phi) is 2.21. The van der Waals surface area contributed by atoms with Crippen molar-refractivity contribution in [2.24, 2.45) is 23.7 Å². The van der Waals surface area contributed by atoms with E-state index >= 15 is 0 Å². The van der Waals surface area contributed by atoms with Gasteiger partial charge in [0.25, 0.3) is 0 Å². The van der Waals surface area contributed by atoms with Gasteiger partial charge >= 0.3 is 11.9 Å². The second kappa shape index (κ2) is 3.26. The molecule has 2 saturated carbocycles. The van der Waals surface area contributed by atoms with Gasteiger partial charge in [0.15, 0.2) is 0 Å². The molecular weight excluding hydrogens is 184 g/mol. The normalized spacial score (nSPS) is 39.8. The number of esters is 1. The standard InChI is InChI=1S/C10H14O4/c1-14-10(13)8-6-3-2-5(4-6)7(8)9(11)12/h5-8H,2-4H2,1H3,(H,11,12)/t5-,6-,7-,8-/m0/s1. The smallest absolute Gasteiger partial charge is 0.309 e. The zero-order valence-electron chi connectivity index (χ0n) is 8.10. The first kappa shape index (κ1) is 9.49. The van der Waals surface area contributed by atoms with Crippen molar-refractivity contribution in [1.82, 2.24) is 0 Å². The maximum absolute atomic E-state index is 11.4. The fourth-order valence-electron chi connectivity index (χ4n) is 3.12. The maximum Gasteiger partial charge on any atom is 0.309 e. The first-order valence-electron chi connectivity index (χ1n) is 4.95. The van der Waals surface area contributed by atoms with E-state index in [2.05, 4.69) is 4.74 Å². The third-order valence-corrected chi connectivity index (χ3v) is 3.67. The van der Waals surface area contributed by atoms with Crippen LogP contribution in [0.3, 0.4) is 0 Å². The Morgan fingerprint density at radius 2 is 1.79 bits per heavy atom. The Bertz CT molecular complexity index is 273. The monoisotopic (exact) mass is 198 g/mol. The molecule has 4 nitrogen and oxygen atoms in total. The Labute approximate surface area is 82.2 Å². The quantitative estimate of drug-likeness (QED) is 0.670. The minimum absolute atomic E-state index is 0.196. The summed E-state index contributed by atoms with van der Waals surface area (Å²) in [5.74, 6) is -1.63. The molecule has 0 aromatic heterocycles. The highest BCUT2D eigenvalue weighted by molar-refractivity contribution is 5.82. The van der Waals surface area contributed by atoms with Crippen LogP contribution in [0, 0.1) is 23.7 Å².